The zero-order valence-electron chi connectivity index (χ0n) is 18.6. The Morgan fingerprint density at radius 3 is 2.09 bits per heavy atom. The summed E-state index contributed by atoms with van der Waals surface area (Å²) in [4.78, 5) is 25.1. The summed E-state index contributed by atoms with van der Waals surface area (Å²) in [6, 6.07) is 6.73. The molecule has 9 nitrogen and oxygen atoms in total. The van der Waals surface area contributed by atoms with E-state index in [0.717, 1.165) is 0 Å². The van der Waals surface area contributed by atoms with Crippen LogP contribution in [0.1, 0.15) is 20.8 Å². The minimum Gasteiger partial charge on any atom is -0.495 e. The molecule has 10 heteroatoms. The lowest BCUT2D eigenvalue weighted by molar-refractivity contribution is -0.126. The minimum absolute atomic E-state index is 0.268. The van der Waals surface area contributed by atoms with Crippen molar-refractivity contribution in [2.45, 2.75) is 26.8 Å². The van der Waals surface area contributed by atoms with Gasteiger partial charge < -0.3 is 24.3 Å². The lowest BCUT2D eigenvalue weighted by Crippen LogP contribution is -2.32. The van der Waals surface area contributed by atoms with Gasteiger partial charge in [-0.1, -0.05) is 17.7 Å². The molecule has 0 bridgehead atoms. The van der Waals surface area contributed by atoms with Crippen molar-refractivity contribution < 1.29 is 28.5 Å². The van der Waals surface area contributed by atoms with Gasteiger partial charge in [-0.3, -0.25) is 9.59 Å². The number of hydrogen-bond donors (Lipinski definition) is 1. The van der Waals surface area contributed by atoms with Crippen molar-refractivity contribution >= 4 is 34.7 Å². The third kappa shape index (κ3) is 6.10. The highest BCUT2D eigenvalue weighted by atomic mass is 35.5. The molecule has 0 aliphatic carbocycles. The molecule has 1 unspecified atom stereocenters. The molecule has 1 N–H and O–H groups in total. The number of Topliss-reactive ketones (excluding diaryl/α,β-unsaturated/α-hetero) is 1. The van der Waals surface area contributed by atoms with E-state index in [1.165, 1.54) is 33.3 Å². The molecule has 0 spiro atoms. The quantitative estimate of drug-likeness (QED) is 0.377. The van der Waals surface area contributed by atoms with E-state index >= 15 is 0 Å². The first kappa shape index (κ1) is 24.9. The number of benzene rings is 2. The molecule has 2 rings (SSSR count). The number of nitrogens with one attached hydrogen (secondary N) is 1. The second kappa shape index (κ2) is 11.9. The lowest BCUT2D eigenvalue weighted by Gasteiger charge is -2.15. The summed E-state index contributed by atoms with van der Waals surface area (Å²) in [6.07, 6.45) is 0. The Labute approximate surface area is 191 Å². The summed E-state index contributed by atoms with van der Waals surface area (Å²) < 4.78 is 21.6. The summed E-state index contributed by atoms with van der Waals surface area (Å²) in [5, 5.41) is 11.1. The van der Waals surface area contributed by atoms with Gasteiger partial charge in [0.15, 0.2) is 23.0 Å². The van der Waals surface area contributed by atoms with E-state index in [-0.39, 0.29) is 5.69 Å². The second-order valence-electron chi connectivity index (χ2n) is 6.37. The van der Waals surface area contributed by atoms with E-state index < -0.39 is 17.7 Å². The molecule has 0 saturated carbocycles. The van der Waals surface area contributed by atoms with E-state index in [0.29, 0.717) is 46.9 Å². The van der Waals surface area contributed by atoms with Gasteiger partial charge in [0.2, 0.25) is 6.04 Å². The number of azo groups is 1. The monoisotopic (exact) mass is 463 g/mol. The minimum atomic E-state index is -1.41. The molecule has 0 aromatic heterocycles. The summed E-state index contributed by atoms with van der Waals surface area (Å²) in [5.41, 5.74) is 0.561. The van der Waals surface area contributed by atoms with Crippen LogP contribution in [-0.2, 0) is 9.59 Å². The number of methoxy groups -OCH3 is 2. The van der Waals surface area contributed by atoms with Gasteiger partial charge in [0.05, 0.1) is 38.1 Å². The number of halogens is 1. The number of carbonyl (C=O) groups is 2. The van der Waals surface area contributed by atoms with Gasteiger partial charge in [0.1, 0.15) is 11.5 Å². The predicted octanol–water partition coefficient (Wildman–Crippen LogP) is 4.83. The van der Waals surface area contributed by atoms with Gasteiger partial charge >= 0.3 is 0 Å². The predicted molar refractivity (Wildman–Crippen MR) is 121 cm³/mol. The van der Waals surface area contributed by atoms with Crippen molar-refractivity contribution in [1.29, 1.82) is 0 Å². The first-order valence-electron chi connectivity index (χ1n) is 9.88. The van der Waals surface area contributed by atoms with Crippen LogP contribution in [0.25, 0.3) is 0 Å². The van der Waals surface area contributed by atoms with Crippen molar-refractivity contribution in [2.75, 3.05) is 32.8 Å². The number of hydrogen-bond acceptors (Lipinski definition) is 8. The highest BCUT2D eigenvalue weighted by Gasteiger charge is 2.25. The van der Waals surface area contributed by atoms with Crippen molar-refractivity contribution in [1.82, 2.24) is 0 Å². The summed E-state index contributed by atoms with van der Waals surface area (Å²) in [5.74, 6) is 0.274. The van der Waals surface area contributed by atoms with E-state index in [1.54, 1.807) is 18.2 Å². The third-order valence-electron chi connectivity index (χ3n) is 4.20. The average Bonchev–Trinajstić information content (AvgIpc) is 2.76. The number of ether oxygens (including phenoxy) is 4. The number of anilines is 1. The summed E-state index contributed by atoms with van der Waals surface area (Å²) >= 11 is 6.10. The van der Waals surface area contributed by atoms with E-state index in [2.05, 4.69) is 15.5 Å². The van der Waals surface area contributed by atoms with Crippen LogP contribution in [0.15, 0.2) is 40.6 Å². The summed E-state index contributed by atoms with van der Waals surface area (Å²) in [6.45, 7) is 5.70. The number of ketones is 1. The molecule has 1 atom stereocenters. The van der Waals surface area contributed by atoms with Crippen LogP contribution in [-0.4, -0.2) is 45.2 Å². The van der Waals surface area contributed by atoms with Gasteiger partial charge in [-0.05, 0) is 32.9 Å². The van der Waals surface area contributed by atoms with Gasteiger partial charge in [0.25, 0.3) is 5.91 Å². The Balaban J connectivity index is 2.37. The third-order valence-corrected chi connectivity index (χ3v) is 4.50. The molecule has 0 heterocycles. The molecule has 1 amide bonds. The molecule has 0 aliphatic rings. The Hall–Kier alpha value is -3.33. The van der Waals surface area contributed by atoms with Crippen LogP contribution in [0.4, 0.5) is 11.4 Å². The first-order chi connectivity index (χ1) is 15.4. The van der Waals surface area contributed by atoms with Crippen molar-refractivity contribution in [3.8, 4) is 23.0 Å². The standard InChI is InChI=1S/C22H26ClN3O6/c1-6-31-16-9-8-10-17(32-7-2)21(16)26-25-20(13(3)27)22(28)24-15-12-18(29-4)14(23)11-19(15)30-5/h8-12,20H,6-7H2,1-5H3,(H,24,28). The fourth-order valence-corrected chi connectivity index (χ4v) is 2.97. The molecule has 172 valence electrons. The molecule has 0 saturated heterocycles. The fourth-order valence-electron chi connectivity index (χ4n) is 2.74. The van der Waals surface area contributed by atoms with E-state index in [9.17, 15) is 9.59 Å². The zero-order chi connectivity index (χ0) is 23.7. The number of carbonyl (C=O) groups excluding carboxylic acids is 2. The van der Waals surface area contributed by atoms with Crippen molar-refractivity contribution in [3.63, 3.8) is 0 Å². The highest BCUT2D eigenvalue weighted by Crippen LogP contribution is 2.38. The maximum Gasteiger partial charge on any atom is 0.258 e. The normalized spacial score (nSPS) is 11.7. The van der Waals surface area contributed by atoms with Crippen molar-refractivity contribution in [2.24, 2.45) is 10.2 Å². The zero-order valence-corrected chi connectivity index (χ0v) is 19.4. The summed E-state index contributed by atoms with van der Waals surface area (Å²) in [7, 11) is 2.87. The topological polar surface area (TPSA) is 108 Å². The van der Waals surface area contributed by atoms with E-state index in [4.69, 9.17) is 30.5 Å². The van der Waals surface area contributed by atoms with Crippen LogP contribution < -0.4 is 24.3 Å². The Bertz CT molecular complexity index is 972. The molecule has 2 aromatic rings. The molecular weight excluding hydrogens is 438 g/mol. The maximum absolute atomic E-state index is 12.9. The SMILES string of the molecule is CCOc1cccc(OCC)c1N=NC(C(C)=O)C(=O)Nc1cc(OC)c(Cl)cc1OC. The Morgan fingerprint density at radius 2 is 1.59 bits per heavy atom. The van der Waals surface area contributed by atoms with Gasteiger partial charge in [-0.15, -0.1) is 5.11 Å². The first-order valence-corrected chi connectivity index (χ1v) is 10.3. The second-order valence-corrected chi connectivity index (χ2v) is 6.78. The van der Waals surface area contributed by atoms with E-state index in [1.807, 2.05) is 13.8 Å². The smallest absolute Gasteiger partial charge is 0.258 e. The number of nitrogens with zero attached hydrogens (tertiary/aromatic N) is 2. The van der Waals surface area contributed by atoms with Crippen LogP contribution in [0.5, 0.6) is 23.0 Å². The van der Waals surface area contributed by atoms with Crippen LogP contribution in [0.3, 0.4) is 0 Å². The molecule has 0 radical (unpaired) electrons. The molecule has 0 aliphatic heterocycles. The average molecular weight is 464 g/mol. The number of amides is 1. The Kier molecular flexibility index (Phi) is 9.27. The Morgan fingerprint density at radius 1 is 1.00 bits per heavy atom. The van der Waals surface area contributed by atoms with Crippen LogP contribution >= 0.6 is 11.6 Å². The molecular formula is C22H26ClN3O6. The van der Waals surface area contributed by atoms with Crippen molar-refractivity contribution in [3.05, 3.63) is 35.4 Å². The fraction of sp³-hybridized carbons (Fsp3) is 0.364. The van der Waals surface area contributed by atoms with Crippen LogP contribution in [0, 0.1) is 0 Å². The number of rotatable bonds is 11. The largest absolute Gasteiger partial charge is 0.495 e. The molecule has 32 heavy (non-hydrogen) atoms. The molecule has 0 fully saturated rings. The molecule has 2 aromatic carbocycles. The van der Waals surface area contributed by atoms with Gasteiger partial charge in [-0.25, -0.2) is 0 Å². The van der Waals surface area contributed by atoms with Crippen LogP contribution in [0.2, 0.25) is 5.02 Å². The highest BCUT2D eigenvalue weighted by molar-refractivity contribution is 6.32. The van der Waals surface area contributed by atoms with Gasteiger partial charge in [-0.2, -0.15) is 5.11 Å². The van der Waals surface area contributed by atoms with Gasteiger partial charge in [0, 0.05) is 12.1 Å². The maximum atomic E-state index is 12.9. The lowest BCUT2D eigenvalue weighted by atomic mass is 10.2.